The molecule has 3 aliphatic rings. The number of methoxy groups -OCH3 is 1. The minimum atomic E-state index is -0.169. The molecule has 2 aliphatic heterocycles. The Morgan fingerprint density at radius 3 is 3.10 bits per heavy atom. The average Bonchev–Trinajstić information content (AvgIpc) is 2.72. The van der Waals surface area contributed by atoms with Crippen LogP contribution >= 0.6 is 0 Å². The predicted octanol–water partition coefficient (Wildman–Crippen LogP) is 2.06. The van der Waals surface area contributed by atoms with Crippen LogP contribution in [0.3, 0.4) is 0 Å². The zero-order valence-electron chi connectivity index (χ0n) is 12.4. The van der Waals surface area contributed by atoms with Gasteiger partial charge in [-0.1, -0.05) is 12.1 Å². The van der Waals surface area contributed by atoms with Gasteiger partial charge in [0.2, 0.25) is 0 Å². The van der Waals surface area contributed by atoms with Crippen molar-refractivity contribution >= 4 is 5.78 Å². The molecule has 4 heteroatoms. The number of nitrogens with zero attached hydrogens (tertiary/aromatic N) is 1. The van der Waals surface area contributed by atoms with E-state index in [4.69, 9.17) is 9.47 Å². The average molecular weight is 285 g/mol. The van der Waals surface area contributed by atoms with Gasteiger partial charge in [-0.25, -0.2) is 0 Å². The van der Waals surface area contributed by atoms with E-state index in [0.29, 0.717) is 6.42 Å². The van der Waals surface area contributed by atoms with E-state index >= 15 is 0 Å². The molecule has 0 fully saturated rings. The zero-order chi connectivity index (χ0) is 14.6. The molecule has 0 saturated heterocycles. The van der Waals surface area contributed by atoms with Gasteiger partial charge in [0.25, 0.3) is 0 Å². The Morgan fingerprint density at radius 2 is 2.29 bits per heavy atom. The van der Waals surface area contributed by atoms with E-state index in [0.717, 1.165) is 31.0 Å². The van der Waals surface area contributed by atoms with E-state index < -0.39 is 0 Å². The summed E-state index contributed by atoms with van der Waals surface area (Å²) in [5, 5.41) is 0. The van der Waals surface area contributed by atoms with Gasteiger partial charge in [-0.05, 0) is 37.7 Å². The van der Waals surface area contributed by atoms with Gasteiger partial charge in [0.05, 0.1) is 12.5 Å². The third-order valence-electron chi connectivity index (χ3n) is 5.03. The molecule has 1 aromatic rings. The van der Waals surface area contributed by atoms with Crippen molar-refractivity contribution in [2.45, 2.75) is 30.9 Å². The van der Waals surface area contributed by atoms with Gasteiger partial charge < -0.3 is 14.4 Å². The molecule has 0 N–H and O–H groups in total. The molecule has 2 heterocycles. The highest BCUT2D eigenvalue weighted by atomic mass is 16.5. The maximum atomic E-state index is 11.8. The van der Waals surface area contributed by atoms with Crippen LogP contribution in [0, 0.1) is 0 Å². The van der Waals surface area contributed by atoms with Crippen molar-refractivity contribution in [2.75, 3.05) is 20.7 Å². The smallest absolute Gasteiger partial charge is 0.166 e. The second-order valence-electron chi connectivity index (χ2n) is 6.27. The molecule has 0 unspecified atom stereocenters. The van der Waals surface area contributed by atoms with Crippen molar-refractivity contribution in [3.8, 4) is 11.5 Å². The Hall–Kier alpha value is -1.81. The third kappa shape index (κ3) is 1.69. The topological polar surface area (TPSA) is 38.8 Å². The first-order chi connectivity index (χ1) is 10.1. The lowest BCUT2D eigenvalue weighted by molar-refractivity contribution is -0.117. The van der Waals surface area contributed by atoms with E-state index in [1.165, 1.54) is 11.1 Å². The van der Waals surface area contributed by atoms with Crippen molar-refractivity contribution < 1.29 is 14.3 Å². The lowest BCUT2D eigenvalue weighted by Crippen LogP contribution is -2.41. The lowest BCUT2D eigenvalue weighted by atomic mass is 9.69. The van der Waals surface area contributed by atoms with Crippen LogP contribution in [-0.4, -0.2) is 37.5 Å². The number of ketones is 1. The maximum absolute atomic E-state index is 11.8. The lowest BCUT2D eigenvalue weighted by Gasteiger charge is -2.33. The number of rotatable bonds is 1. The Balaban J connectivity index is 1.97. The van der Waals surface area contributed by atoms with E-state index in [-0.39, 0.29) is 17.3 Å². The molecular weight excluding hydrogens is 266 g/mol. The first-order valence-electron chi connectivity index (χ1n) is 7.41. The third-order valence-corrected chi connectivity index (χ3v) is 5.03. The predicted molar refractivity (Wildman–Crippen MR) is 78.8 cm³/mol. The van der Waals surface area contributed by atoms with Crippen LogP contribution in [0.25, 0.3) is 0 Å². The minimum Gasteiger partial charge on any atom is -0.493 e. The summed E-state index contributed by atoms with van der Waals surface area (Å²) in [4.78, 5) is 14.1. The molecule has 0 radical (unpaired) electrons. The molecule has 110 valence electrons. The van der Waals surface area contributed by atoms with Gasteiger partial charge in [-0.2, -0.15) is 0 Å². The summed E-state index contributed by atoms with van der Waals surface area (Å²) in [6.07, 6.45) is 5.16. The molecule has 4 rings (SSSR count). The number of carbonyl (C=O) groups excluding carboxylic acids is 1. The first kappa shape index (κ1) is 12.9. The van der Waals surface area contributed by atoms with Crippen LogP contribution in [0.5, 0.6) is 11.5 Å². The number of allylic oxidation sites excluding steroid dienone is 1. The molecular formula is C17H19NO3. The number of benzene rings is 1. The van der Waals surface area contributed by atoms with Crippen molar-refractivity contribution in [1.82, 2.24) is 4.90 Å². The van der Waals surface area contributed by atoms with Gasteiger partial charge in [-0.15, -0.1) is 0 Å². The normalized spacial score (nSPS) is 30.4. The van der Waals surface area contributed by atoms with Gasteiger partial charge >= 0.3 is 0 Å². The van der Waals surface area contributed by atoms with E-state index in [1.807, 2.05) is 6.07 Å². The summed E-state index contributed by atoms with van der Waals surface area (Å²) >= 11 is 0. The Kier molecular flexibility index (Phi) is 2.67. The van der Waals surface area contributed by atoms with Crippen molar-refractivity contribution in [3.63, 3.8) is 0 Å². The summed E-state index contributed by atoms with van der Waals surface area (Å²) in [7, 11) is 3.81. The fourth-order valence-corrected chi connectivity index (χ4v) is 3.95. The molecule has 1 aliphatic carbocycles. The summed E-state index contributed by atoms with van der Waals surface area (Å²) in [5.41, 5.74) is 2.35. The van der Waals surface area contributed by atoms with Crippen molar-refractivity contribution in [2.24, 2.45) is 0 Å². The summed E-state index contributed by atoms with van der Waals surface area (Å²) < 4.78 is 11.7. The maximum Gasteiger partial charge on any atom is 0.166 e. The standard InChI is InChI=1S/C17H19NO3/c1-18-8-7-17-6-5-12(19)9-14(17)21-16-13(20-2)4-3-11(10-18)15(16)17/h3-6,14H,7-10H2,1-2H3/t14-,17+/m1/s1. The molecule has 2 atom stereocenters. The first-order valence-corrected chi connectivity index (χ1v) is 7.41. The van der Waals surface area contributed by atoms with Gasteiger partial charge in [-0.3, -0.25) is 4.79 Å². The molecule has 4 nitrogen and oxygen atoms in total. The van der Waals surface area contributed by atoms with Crippen LogP contribution in [0.2, 0.25) is 0 Å². The number of hydrogen-bond donors (Lipinski definition) is 0. The van der Waals surface area contributed by atoms with Crippen molar-refractivity contribution in [3.05, 3.63) is 35.4 Å². The Labute approximate surface area is 124 Å². The number of ether oxygens (including phenoxy) is 2. The number of hydrogen-bond acceptors (Lipinski definition) is 4. The highest BCUT2D eigenvalue weighted by Crippen LogP contribution is 2.55. The molecule has 0 saturated carbocycles. The fraction of sp³-hybridized carbons (Fsp3) is 0.471. The summed E-state index contributed by atoms with van der Waals surface area (Å²) in [6.45, 7) is 1.90. The number of carbonyl (C=O) groups is 1. The van der Waals surface area contributed by atoms with Crippen LogP contribution in [0.15, 0.2) is 24.3 Å². The van der Waals surface area contributed by atoms with Crippen LogP contribution in [0.4, 0.5) is 0 Å². The van der Waals surface area contributed by atoms with Gasteiger partial charge in [0.15, 0.2) is 17.3 Å². The molecule has 21 heavy (non-hydrogen) atoms. The monoisotopic (exact) mass is 285 g/mol. The molecule has 0 aromatic heterocycles. The molecule has 0 amide bonds. The Bertz CT molecular complexity index is 652. The van der Waals surface area contributed by atoms with E-state index in [9.17, 15) is 4.79 Å². The zero-order valence-corrected chi connectivity index (χ0v) is 12.4. The van der Waals surface area contributed by atoms with Gasteiger partial charge in [0, 0.05) is 18.5 Å². The SMILES string of the molecule is COc1ccc2c3c1O[C@@H]1CC(=O)C=C[C@@]31CCN(C)C2. The Morgan fingerprint density at radius 1 is 1.43 bits per heavy atom. The van der Waals surface area contributed by atoms with Crippen LogP contribution in [-0.2, 0) is 16.8 Å². The summed E-state index contributed by atoms with van der Waals surface area (Å²) in [5.74, 6) is 1.76. The van der Waals surface area contributed by atoms with E-state index in [1.54, 1.807) is 13.2 Å². The highest BCUT2D eigenvalue weighted by molar-refractivity contribution is 5.92. The minimum absolute atomic E-state index is 0.0912. The second-order valence-corrected chi connectivity index (χ2v) is 6.27. The molecule has 0 bridgehead atoms. The summed E-state index contributed by atoms with van der Waals surface area (Å²) in [6, 6.07) is 4.11. The van der Waals surface area contributed by atoms with Crippen LogP contribution < -0.4 is 9.47 Å². The quantitative estimate of drug-likeness (QED) is 0.791. The largest absolute Gasteiger partial charge is 0.493 e. The fourth-order valence-electron chi connectivity index (χ4n) is 3.95. The van der Waals surface area contributed by atoms with Gasteiger partial charge in [0.1, 0.15) is 6.10 Å². The van der Waals surface area contributed by atoms with E-state index in [2.05, 4.69) is 24.1 Å². The van der Waals surface area contributed by atoms with Crippen molar-refractivity contribution in [1.29, 1.82) is 0 Å². The highest BCUT2D eigenvalue weighted by Gasteiger charge is 2.52. The molecule has 1 aromatic carbocycles. The molecule has 1 spiro atoms. The van der Waals surface area contributed by atoms with Crippen LogP contribution in [0.1, 0.15) is 24.0 Å². The second kappa shape index (κ2) is 4.34.